The summed E-state index contributed by atoms with van der Waals surface area (Å²) in [7, 11) is -3.89. The third-order valence-electron chi connectivity index (χ3n) is 3.30. The number of benzene rings is 2. The maximum atomic E-state index is 12.4. The number of primary sulfonamides is 1. The molecule has 1 aromatic heterocycles. The molecule has 0 saturated carbocycles. The van der Waals surface area contributed by atoms with Crippen LogP contribution in [0.5, 0.6) is 0 Å². The number of carbonyl (C=O) groups excluding carboxylic acids is 1. The van der Waals surface area contributed by atoms with E-state index in [4.69, 9.17) is 5.14 Å². The molecule has 0 fully saturated rings. The van der Waals surface area contributed by atoms with Crippen LogP contribution in [0.4, 0.5) is 5.13 Å². The Labute approximate surface area is 156 Å². The zero-order chi connectivity index (χ0) is 18.0. The van der Waals surface area contributed by atoms with E-state index < -0.39 is 15.9 Å². The third-order valence-corrected chi connectivity index (χ3v) is 5.86. The molecule has 0 aliphatic rings. The fourth-order valence-corrected chi connectivity index (χ4v) is 3.87. The fourth-order valence-electron chi connectivity index (χ4n) is 2.09. The molecule has 0 atom stereocenters. The van der Waals surface area contributed by atoms with E-state index in [1.54, 1.807) is 6.20 Å². The molecule has 0 bridgehead atoms. The van der Waals surface area contributed by atoms with Gasteiger partial charge in [-0.3, -0.25) is 10.1 Å². The SMILES string of the molecule is NS(=O)(=O)c1ccc(Br)c(C(=O)Nc2ncc(-c3ccccc3)s2)c1. The Kier molecular flexibility index (Phi) is 5.00. The predicted molar refractivity (Wildman–Crippen MR) is 101 cm³/mol. The molecule has 0 aliphatic heterocycles. The summed E-state index contributed by atoms with van der Waals surface area (Å²) >= 11 is 4.56. The summed E-state index contributed by atoms with van der Waals surface area (Å²) in [6.45, 7) is 0. The molecule has 128 valence electrons. The third kappa shape index (κ3) is 4.13. The van der Waals surface area contributed by atoms with Crippen LogP contribution in [0.2, 0.25) is 0 Å². The molecule has 3 rings (SSSR count). The number of hydrogen-bond acceptors (Lipinski definition) is 5. The average molecular weight is 438 g/mol. The molecule has 0 spiro atoms. The molecule has 3 aromatic rings. The van der Waals surface area contributed by atoms with Crippen LogP contribution in [0.15, 0.2) is 64.1 Å². The Morgan fingerprint density at radius 3 is 2.56 bits per heavy atom. The van der Waals surface area contributed by atoms with Crippen molar-refractivity contribution in [2.24, 2.45) is 5.14 Å². The first-order valence-corrected chi connectivity index (χ1v) is 10.1. The Balaban J connectivity index is 1.85. The van der Waals surface area contributed by atoms with Gasteiger partial charge in [-0.05, 0) is 39.7 Å². The van der Waals surface area contributed by atoms with Crippen LogP contribution in [-0.4, -0.2) is 19.3 Å². The van der Waals surface area contributed by atoms with E-state index in [1.165, 1.54) is 29.5 Å². The van der Waals surface area contributed by atoms with Gasteiger partial charge in [0.15, 0.2) is 5.13 Å². The molecule has 3 N–H and O–H groups in total. The summed E-state index contributed by atoms with van der Waals surface area (Å²) < 4.78 is 23.4. The molecule has 9 heteroatoms. The van der Waals surface area contributed by atoms with Crippen LogP contribution in [0.3, 0.4) is 0 Å². The van der Waals surface area contributed by atoms with Crippen LogP contribution in [0.1, 0.15) is 10.4 Å². The van der Waals surface area contributed by atoms with Gasteiger partial charge in [0, 0.05) is 10.7 Å². The van der Waals surface area contributed by atoms with Gasteiger partial charge >= 0.3 is 0 Å². The van der Waals surface area contributed by atoms with Gasteiger partial charge in [0.1, 0.15) is 0 Å². The maximum absolute atomic E-state index is 12.4. The Morgan fingerprint density at radius 1 is 1.16 bits per heavy atom. The van der Waals surface area contributed by atoms with Crippen molar-refractivity contribution < 1.29 is 13.2 Å². The molecule has 0 aliphatic carbocycles. The van der Waals surface area contributed by atoms with Gasteiger partial charge in [-0.25, -0.2) is 18.5 Å². The summed E-state index contributed by atoms with van der Waals surface area (Å²) in [4.78, 5) is 17.4. The molecule has 1 amide bonds. The molecule has 25 heavy (non-hydrogen) atoms. The second-order valence-electron chi connectivity index (χ2n) is 5.04. The van der Waals surface area contributed by atoms with Gasteiger partial charge in [-0.15, -0.1) is 0 Å². The number of nitrogens with zero attached hydrogens (tertiary/aromatic N) is 1. The van der Waals surface area contributed by atoms with E-state index in [0.717, 1.165) is 10.4 Å². The smallest absolute Gasteiger partial charge is 0.258 e. The van der Waals surface area contributed by atoms with Crippen LogP contribution in [-0.2, 0) is 10.0 Å². The number of carbonyl (C=O) groups is 1. The fraction of sp³-hybridized carbons (Fsp3) is 0. The first-order chi connectivity index (χ1) is 11.8. The molecular formula is C16H12BrN3O3S2. The lowest BCUT2D eigenvalue weighted by Crippen LogP contribution is -2.16. The van der Waals surface area contributed by atoms with E-state index >= 15 is 0 Å². The van der Waals surface area contributed by atoms with Crippen molar-refractivity contribution in [3.05, 3.63) is 64.8 Å². The molecule has 1 heterocycles. The lowest BCUT2D eigenvalue weighted by atomic mass is 10.2. The van der Waals surface area contributed by atoms with Crippen molar-refractivity contribution in [3.8, 4) is 10.4 Å². The van der Waals surface area contributed by atoms with E-state index in [-0.39, 0.29) is 10.5 Å². The van der Waals surface area contributed by atoms with Gasteiger partial charge in [-0.2, -0.15) is 0 Å². The molecule has 0 radical (unpaired) electrons. The summed E-state index contributed by atoms with van der Waals surface area (Å²) in [5.41, 5.74) is 1.15. The highest BCUT2D eigenvalue weighted by Crippen LogP contribution is 2.29. The second kappa shape index (κ2) is 7.04. The Hall–Kier alpha value is -2.07. The number of anilines is 1. The number of halogens is 1. The van der Waals surface area contributed by atoms with Crippen LogP contribution in [0, 0.1) is 0 Å². The Morgan fingerprint density at radius 2 is 1.88 bits per heavy atom. The average Bonchev–Trinajstić information content (AvgIpc) is 3.03. The number of nitrogens with two attached hydrogens (primary N) is 1. The van der Waals surface area contributed by atoms with E-state index in [0.29, 0.717) is 9.60 Å². The number of rotatable bonds is 4. The van der Waals surface area contributed by atoms with Crippen molar-refractivity contribution in [1.29, 1.82) is 0 Å². The van der Waals surface area contributed by atoms with Crippen molar-refractivity contribution in [2.75, 3.05) is 5.32 Å². The van der Waals surface area contributed by atoms with Crippen LogP contribution >= 0.6 is 27.3 Å². The minimum absolute atomic E-state index is 0.134. The lowest BCUT2D eigenvalue weighted by molar-refractivity contribution is 0.102. The van der Waals surface area contributed by atoms with E-state index in [9.17, 15) is 13.2 Å². The molecule has 0 unspecified atom stereocenters. The minimum Gasteiger partial charge on any atom is -0.298 e. The van der Waals surface area contributed by atoms with Crippen molar-refractivity contribution in [2.45, 2.75) is 4.90 Å². The predicted octanol–water partition coefficient (Wildman–Crippen LogP) is 3.47. The normalized spacial score (nSPS) is 11.3. The molecule has 2 aromatic carbocycles. The van der Waals surface area contributed by atoms with Gasteiger partial charge in [0.25, 0.3) is 5.91 Å². The summed E-state index contributed by atoms with van der Waals surface area (Å²) in [6, 6.07) is 13.7. The molecule has 6 nitrogen and oxygen atoms in total. The quantitative estimate of drug-likeness (QED) is 0.651. The van der Waals surface area contributed by atoms with Gasteiger partial charge < -0.3 is 0 Å². The summed E-state index contributed by atoms with van der Waals surface area (Å²) in [5, 5.41) is 8.20. The molecular weight excluding hydrogens is 426 g/mol. The van der Waals surface area contributed by atoms with E-state index in [1.807, 2.05) is 30.3 Å². The van der Waals surface area contributed by atoms with Gasteiger partial charge in [0.05, 0.1) is 15.3 Å². The summed E-state index contributed by atoms with van der Waals surface area (Å²) in [6.07, 6.45) is 1.67. The van der Waals surface area contributed by atoms with Crippen molar-refractivity contribution in [3.63, 3.8) is 0 Å². The monoisotopic (exact) mass is 437 g/mol. The highest BCUT2D eigenvalue weighted by atomic mass is 79.9. The number of thiazole rings is 1. The first kappa shape index (κ1) is 17.7. The second-order valence-corrected chi connectivity index (χ2v) is 8.48. The highest BCUT2D eigenvalue weighted by molar-refractivity contribution is 9.10. The number of sulfonamides is 1. The number of nitrogens with one attached hydrogen (secondary N) is 1. The van der Waals surface area contributed by atoms with Gasteiger partial charge in [0.2, 0.25) is 10.0 Å². The maximum Gasteiger partial charge on any atom is 0.258 e. The number of amides is 1. The van der Waals surface area contributed by atoms with Crippen LogP contribution < -0.4 is 10.5 Å². The lowest BCUT2D eigenvalue weighted by Gasteiger charge is -2.06. The number of hydrogen-bond donors (Lipinski definition) is 2. The minimum atomic E-state index is -3.89. The highest BCUT2D eigenvalue weighted by Gasteiger charge is 2.17. The zero-order valence-electron chi connectivity index (χ0n) is 12.6. The van der Waals surface area contributed by atoms with E-state index in [2.05, 4.69) is 26.2 Å². The largest absolute Gasteiger partial charge is 0.298 e. The first-order valence-electron chi connectivity index (χ1n) is 6.99. The standard InChI is InChI=1S/C16H12BrN3O3S2/c17-13-7-6-11(25(18,22)23)8-12(13)15(21)20-16-19-9-14(24-16)10-4-2-1-3-5-10/h1-9H,(H2,18,22,23)(H,19,20,21). The van der Waals surface area contributed by atoms with Crippen molar-refractivity contribution >= 4 is 48.3 Å². The van der Waals surface area contributed by atoms with Crippen LogP contribution in [0.25, 0.3) is 10.4 Å². The Bertz CT molecular complexity index is 1030. The van der Waals surface area contributed by atoms with Crippen molar-refractivity contribution in [1.82, 2.24) is 4.98 Å². The summed E-state index contributed by atoms with van der Waals surface area (Å²) in [5.74, 6) is -0.480. The van der Waals surface area contributed by atoms with Gasteiger partial charge in [-0.1, -0.05) is 41.7 Å². The molecule has 0 saturated heterocycles. The zero-order valence-corrected chi connectivity index (χ0v) is 15.9. The topological polar surface area (TPSA) is 102 Å². The number of aromatic nitrogens is 1.